The molecule has 4 nitrogen and oxygen atoms in total. The Morgan fingerprint density at radius 2 is 1.58 bits per heavy atom. The van der Waals surface area contributed by atoms with Crippen molar-refractivity contribution in [2.75, 3.05) is 0 Å². The number of alkyl halides is 3. The molecule has 0 aliphatic carbocycles. The number of nitrogens with zero attached hydrogens (tertiary/aromatic N) is 2. The smallest absolute Gasteiger partial charge is 0.328 e. The van der Waals surface area contributed by atoms with Crippen molar-refractivity contribution < 1.29 is 18.0 Å². The molecule has 1 unspecified atom stereocenters. The van der Waals surface area contributed by atoms with Gasteiger partial charge in [0.05, 0.1) is 11.1 Å². The normalized spacial score (nSPS) is 18.6. The number of hydrazone groups is 1. The van der Waals surface area contributed by atoms with Crippen molar-refractivity contribution in [3.63, 3.8) is 0 Å². The first-order valence-electron chi connectivity index (χ1n) is 10.3. The summed E-state index contributed by atoms with van der Waals surface area (Å²) >= 11 is 0. The van der Waals surface area contributed by atoms with Crippen LogP contribution in [0.3, 0.4) is 0 Å². The average molecular weight is 432 g/mol. The van der Waals surface area contributed by atoms with E-state index < -0.39 is 35.6 Å². The van der Waals surface area contributed by atoms with Crippen molar-refractivity contribution in [1.82, 2.24) is 10.3 Å². The maximum absolute atomic E-state index is 13.3. The zero-order chi connectivity index (χ0) is 22.9. The molecule has 0 aromatic heterocycles. The van der Waals surface area contributed by atoms with Crippen molar-refractivity contribution in [2.45, 2.75) is 63.7 Å². The van der Waals surface area contributed by atoms with Crippen molar-refractivity contribution in [3.8, 4) is 0 Å². The van der Waals surface area contributed by atoms with Crippen LogP contribution in [0.15, 0.2) is 65.8 Å². The highest BCUT2D eigenvalue weighted by Gasteiger charge is 2.48. The Bertz CT molecular complexity index is 938. The predicted molar refractivity (Wildman–Crippen MR) is 116 cm³/mol. The van der Waals surface area contributed by atoms with E-state index in [1.807, 2.05) is 88.4 Å². The van der Waals surface area contributed by atoms with E-state index >= 15 is 0 Å². The van der Waals surface area contributed by atoms with Crippen LogP contribution in [0.5, 0.6) is 0 Å². The first-order chi connectivity index (χ1) is 14.4. The van der Waals surface area contributed by atoms with Gasteiger partial charge in [-0.2, -0.15) is 18.3 Å². The number of hydrogen-bond donors (Lipinski definition) is 1. The van der Waals surface area contributed by atoms with Gasteiger partial charge in [0.25, 0.3) is 0 Å². The van der Waals surface area contributed by atoms with Crippen molar-refractivity contribution in [1.29, 1.82) is 0 Å². The Morgan fingerprint density at radius 1 is 1.03 bits per heavy atom. The van der Waals surface area contributed by atoms with Gasteiger partial charge in [-0.25, -0.2) is 9.80 Å². The highest BCUT2D eigenvalue weighted by Crippen LogP contribution is 2.42. The van der Waals surface area contributed by atoms with Gasteiger partial charge in [-0.15, -0.1) is 0 Å². The second-order valence-electron chi connectivity index (χ2n) is 8.94. The minimum absolute atomic E-state index is 0.252. The SMILES string of the molecule is CC(C)(NC(=O)N1N=C(CCC(F)(F)F)C(c2ccccc2)C1(C)C)c1ccccc1. The number of carbonyl (C=O) groups is 1. The van der Waals surface area contributed by atoms with E-state index in [1.165, 1.54) is 5.01 Å². The van der Waals surface area contributed by atoms with Gasteiger partial charge in [0.1, 0.15) is 0 Å². The lowest BCUT2D eigenvalue weighted by Gasteiger charge is -2.37. The lowest BCUT2D eigenvalue weighted by molar-refractivity contribution is -0.132. The van der Waals surface area contributed by atoms with E-state index in [2.05, 4.69) is 10.4 Å². The monoisotopic (exact) mass is 431 g/mol. The largest absolute Gasteiger partial charge is 0.389 e. The molecule has 0 bridgehead atoms. The van der Waals surface area contributed by atoms with E-state index in [9.17, 15) is 18.0 Å². The third-order valence-electron chi connectivity index (χ3n) is 5.72. The first-order valence-corrected chi connectivity index (χ1v) is 10.3. The number of carbonyl (C=O) groups excluding carboxylic acids is 1. The lowest BCUT2D eigenvalue weighted by atomic mass is 9.78. The van der Waals surface area contributed by atoms with Crippen LogP contribution in [0.4, 0.5) is 18.0 Å². The van der Waals surface area contributed by atoms with Gasteiger partial charge in [-0.05, 0) is 45.2 Å². The summed E-state index contributed by atoms with van der Waals surface area (Å²) in [7, 11) is 0. The van der Waals surface area contributed by atoms with Gasteiger partial charge in [0.2, 0.25) is 0 Å². The van der Waals surface area contributed by atoms with Gasteiger partial charge in [-0.3, -0.25) is 0 Å². The van der Waals surface area contributed by atoms with Crippen molar-refractivity contribution in [3.05, 3.63) is 71.8 Å². The molecule has 7 heteroatoms. The summed E-state index contributed by atoms with van der Waals surface area (Å²) in [5.41, 5.74) is 0.605. The molecule has 166 valence electrons. The fourth-order valence-electron chi connectivity index (χ4n) is 4.11. The molecule has 0 radical (unpaired) electrons. The fraction of sp³-hybridized carbons (Fsp3) is 0.417. The lowest BCUT2D eigenvalue weighted by Crippen LogP contribution is -2.53. The Labute approximate surface area is 181 Å². The van der Waals surface area contributed by atoms with Crippen LogP contribution in [-0.2, 0) is 5.54 Å². The van der Waals surface area contributed by atoms with Gasteiger partial charge < -0.3 is 5.32 Å². The van der Waals surface area contributed by atoms with Gasteiger partial charge in [-0.1, -0.05) is 60.7 Å². The minimum Gasteiger partial charge on any atom is -0.328 e. The Hall–Kier alpha value is -2.83. The maximum Gasteiger partial charge on any atom is 0.389 e. The molecule has 1 aliphatic rings. The minimum atomic E-state index is -4.29. The summed E-state index contributed by atoms with van der Waals surface area (Å²) < 4.78 is 38.8. The van der Waals surface area contributed by atoms with Gasteiger partial charge in [0.15, 0.2) is 0 Å². The zero-order valence-corrected chi connectivity index (χ0v) is 18.2. The fourth-order valence-corrected chi connectivity index (χ4v) is 4.11. The number of rotatable bonds is 5. The number of nitrogens with one attached hydrogen (secondary N) is 1. The highest BCUT2D eigenvalue weighted by molar-refractivity contribution is 5.96. The summed E-state index contributed by atoms with van der Waals surface area (Å²) in [6.07, 6.45) is -5.52. The van der Waals surface area contributed by atoms with Crippen LogP contribution >= 0.6 is 0 Å². The van der Waals surface area contributed by atoms with Crippen LogP contribution in [0, 0.1) is 0 Å². The first kappa shape index (κ1) is 22.8. The van der Waals surface area contributed by atoms with Gasteiger partial charge in [0, 0.05) is 18.1 Å². The predicted octanol–water partition coefficient (Wildman–Crippen LogP) is 6.21. The quantitative estimate of drug-likeness (QED) is 0.601. The van der Waals surface area contributed by atoms with Crippen LogP contribution in [0.25, 0.3) is 0 Å². The van der Waals surface area contributed by atoms with E-state index in [1.54, 1.807) is 0 Å². The average Bonchev–Trinajstić information content (AvgIpc) is 2.97. The number of hydrogen-bond acceptors (Lipinski definition) is 2. The van der Waals surface area contributed by atoms with Crippen molar-refractivity contribution >= 4 is 11.7 Å². The Balaban J connectivity index is 1.91. The zero-order valence-electron chi connectivity index (χ0n) is 18.2. The summed E-state index contributed by atoms with van der Waals surface area (Å²) in [6.45, 7) is 7.44. The molecule has 2 amide bonds. The van der Waals surface area contributed by atoms with Crippen LogP contribution in [0.2, 0.25) is 0 Å². The number of benzene rings is 2. The molecule has 1 N–H and O–H groups in total. The molecule has 3 rings (SSSR count). The maximum atomic E-state index is 13.3. The number of amides is 2. The third kappa shape index (κ3) is 5.09. The molecule has 1 heterocycles. The Kier molecular flexibility index (Phi) is 6.16. The van der Waals surface area contributed by atoms with E-state index in [-0.39, 0.29) is 6.42 Å². The Morgan fingerprint density at radius 3 is 2.13 bits per heavy atom. The molecule has 0 saturated heterocycles. The topological polar surface area (TPSA) is 44.7 Å². The second kappa shape index (κ2) is 8.36. The molecule has 1 aliphatic heterocycles. The van der Waals surface area contributed by atoms with E-state index in [4.69, 9.17) is 0 Å². The number of halogens is 3. The summed E-state index contributed by atoms with van der Waals surface area (Å²) in [6, 6.07) is 18.3. The van der Waals surface area contributed by atoms with Crippen molar-refractivity contribution in [2.24, 2.45) is 5.10 Å². The molecule has 2 aromatic rings. The van der Waals surface area contributed by atoms with E-state index in [0.717, 1.165) is 11.1 Å². The summed E-state index contributed by atoms with van der Waals surface area (Å²) in [5, 5.41) is 8.72. The molecule has 0 fully saturated rings. The van der Waals surface area contributed by atoms with Crippen LogP contribution in [0.1, 0.15) is 57.6 Å². The molecule has 1 atom stereocenters. The molecular formula is C24H28F3N3O. The number of urea groups is 1. The standard InChI is InChI=1S/C24H28F3N3O/c1-22(2,18-13-9-6-10-14-18)28-21(31)30-23(3,4)20(17-11-7-5-8-12-17)19(29-30)15-16-24(25,26)27/h5-14,20H,15-16H2,1-4H3,(H,28,31). The summed E-state index contributed by atoms with van der Waals surface area (Å²) in [4.78, 5) is 13.3. The third-order valence-corrected chi connectivity index (χ3v) is 5.72. The molecule has 0 saturated carbocycles. The molecular weight excluding hydrogens is 403 g/mol. The van der Waals surface area contributed by atoms with E-state index in [0.29, 0.717) is 5.71 Å². The van der Waals surface area contributed by atoms with Gasteiger partial charge >= 0.3 is 12.2 Å². The molecule has 0 spiro atoms. The molecule has 2 aromatic carbocycles. The van der Waals surface area contributed by atoms with Crippen LogP contribution in [-0.4, -0.2) is 28.5 Å². The summed E-state index contributed by atoms with van der Waals surface area (Å²) in [5.74, 6) is -0.429. The second-order valence-corrected chi connectivity index (χ2v) is 8.94. The highest BCUT2D eigenvalue weighted by atomic mass is 19.4. The molecule has 31 heavy (non-hydrogen) atoms. The van der Waals surface area contributed by atoms with Crippen LogP contribution < -0.4 is 5.32 Å².